The second kappa shape index (κ2) is 4.65. The number of hydrogen-bond donors (Lipinski definition) is 0. The van der Waals surface area contributed by atoms with E-state index in [1.165, 1.54) is 16.4 Å². The number of fused-ring (bicyclic) bond motifs is 1. The van der Waals surface area contributed by atoms with Gasteiger partial charge in [-0.25, -0.2) is 0 Å². The Balaban J connectivity index is 1.81. The molecule has 0 spiro atoms. The average Bonchev–Trinajstić information content (AvgIpc) is 3.15. The van der Waals surface area contributed by atoms with Crippen molar-refractivity contribution in [1.29, 1.82) is 0 Å². The highest BCUT2D eigenvalue weighted by molar-refractivity contribution is 7.14. The Labute approximate surface area is 121 Å². The van der Waals surface area contributed by atoms with Crippen molar-refractivity contribution in [2.45, 2.75) is 0 Å². The molecule has 4 heteroatoms. The molecule has 1 aliphatic heterocycles. The largest absolute Gasteiger partial charge is 0.320 e. The number of nitrogens with zero attached hydrogens (tertiary/aromatic N) is 3. The van der Waals surface area contributed by atoms with Gasteiger partial charge in [-0.1, -0.05) is 18.2 Å². The highest BCUT2D eigenvalue weighted by Gasteiger charge is 2.28. The topological polar surface area (TPSA) is 19.4 Å². The van der Waals surface area contributed by atoms with Crippen molar-refractivity contribution in [3.63, 3.8) is 0 Å². The van der Waals surface area contributed by atoms with Crippen molar-refractivity contribution in [3.8, 4) is 0 Å². The van der Waals surface area contributed by atoms with Crippen LogP contribution >= 0.6 is 11.3 Å². The average molecular weight is 279 g/mol. The zero-order valence-electron chi connectivity index (χ0n) is 10.8. The quantitative estimate of drug-likeness (QED) is 0.693. The fourth-order valence-corrected chi connectivity index (χ4v) is 3.29. The van der Waals surface area contributed by atoms with Crippen LogP contribution in [0.4, 0.5) is 22.1 Å². The van der Waals surface area contributed by atoms with Crippen LogP contribution in [0.1, 0.15) is 0 Å². The van der Waals surface area contributed by atoms with E-state index in [4.69, 9.17) is 0 Å². The summed E-state index contributed by atoms with van der Waals surface area (Å²) >= 11 is 1.76. The van der Waals surface area contributed by atoms with E-state index in [1.807, 2.05) is 18.5 Å². The molecule has 0 atom stereocenters. The van der Waals surface area contributed by atoms with E-state index in [0.29, 0.717) is 0 Å². The van der Waals surface area contributed by atoms with Crippen molar-refractivity contribution in [1.82, 2.24) is 4.98 Å². The first-order valence-electron chi connectivity index (χ1n) is 6.51. The van der Waals surface area contributed by atoms with Crippen molar-refractivity contribution in [3.05, 3.63) is 66.3 Å². The van der Waals surface area contributed by atoms with Crippen LogP contribution in [0.15, 0.2) is 66.3 Å². The summed E-state index contributed by atoms with van der Waals surface area (Å²) in [6, 6.07) is 16.8. The van der Waals surface area contributed by atoms with E-state index < -0.39 is 0 Å². The predicted octanol–water partition coefficient (Wildman–Crippen LogP) is 4.39. The molecule has 98 valence electrons. The predicted molar refractivity (Wildman–Crippen MR) is 84.1 cm³/mol. The maximum Gasteiger partial charge on any atom is 0.101 e. The molecule has 0 aliphatic carbocycles. The molecule has 2 aromatic heterocycles. The minimum atomic E-state index is 0.825. The van der Waals surface area contributed by atoms with Gasteiger partial charge in [-0.05, 0) is 35.7 Å². The molecule has 0 saturated carbocycles. The van der Waals surface area contributed by atoms with Crippen LogP contribution in [-0.2, 0) is 0 Å². The minimum absolute atomic E-state index is 0.825. The van der Waals surface area contributed by atoms with Crippen molar-refractivity contribution < 1.29 is 0 Å². The molecule has 0 bridgehead atoms. The molecule has 0 radical (unpaired) electrons. The van der Waals surface area contributed by atoms with Crippen LogP contribution in [0.2, 0.25) is 0 Å². The van der Waals surface area contributed by atoms with Crippen LogP contribution in [0.5, 0.6) is 0 Å². The molecular weight excluding hydrogens is 266 g/mol. The number of thiophene rings is 1. The SMILES string of the molecule is c1ccc(N2CN(c3cccs3)c3ccncc32)cc1. The molecule has 20 heavy (non-hydrogen) atoms. The highest BCUT2D eigenvalue weighted by Crippen LogP contribution is 2.44. The van der Waals surface area contributed by atoms with E-state index in [1.54, 1.807) is 11.3 Å². The smallest absolute Gasteiger partial charge is 0.101 e. The van der Waals surface area contributed by atoms with Gasteiger partial charge in [0.15, 0.2) is 0 Å². The summed E-state index contributed by atoms with van der Waals surface area (Å²) in [6.45, 7) is 0.825. The van der Waals surface area contributed by atoms with Gasteiger partial charge in [0.05, 0.1) is 22.6 Å². The van der Waals surface area contributed by atoms with Gasteiger partial charge in [-0.15, -0.1) is 11.3 Å². The molecule has 1 aromatic carbocycles. The van der Waals surface area contributed by atoms with E-state index in [2.05, 4.69) is 62.6 Å². The van der Waals surface area contributed by atoms with Gasteiger partial charge in [0.2, 0.25) is 0 Å². The molecule has 0 N–H and O–H groups in total. The number of benzene rings is 1. The van der Waals surface area contributed by atoms with Crippen molar-refractivity contribution in [2.75, 3.05) is 16.5 Å². The molecule has 1 aliphatic rings. The third-order valence-electron chi connectivity index (χ3n) is 3.48. The lowest BCUT2D eigenvalue weighted by Gasteiger charge is -2.20. The Hall–Kier alpha value is -2.33. The zero-order chi connectivity index (χ0) is 13.4. The summed E-state index contributed by atoms with van der Waals surface area (Å²) in [6.07, 6.45) is 3.80. The monoisotopic (exact) mass is 279 g/mol. The fraction of sp³-hybridized carbons (Fsp3) is 0.0625. The maximum absolute atomic E-state index is 4.28. The molecule has 3 aromatic rings. The lowest BCUT2D eigenvalue weighted by molar-refractivity contribution is 0.999. The third-order valence-corrected chi connectivity index (χ3v) is 4.37. The lowest BCUT2D eigenvalue weighted by Crippen LogP contribution is -2.23. The highest BCUT2D eigenvalue weighted by atomic mass is 32.1. The normalized spacial score (nSPS) is 13.6. The Bertz CT molecular complexity index is 710. The second-order valence-electron chi connectivity index (χ2n) is 4.65. The third kappa shape index (κ3) is 1.77. The zero-order valence-corrected chi connectivity index (χ0v) is 11.6. The minimum Gasteiger partial charge on any atom is -0.320 e. The number of hydrogen-bond acceptors (Lipinski definition) is 4. The number of rotatable bonds is 2. The first kappa shape index (κ1) is 11.5. The van der Waals surface area contributed by atoms with Crippen LogP contribution in [0.25, 0.3) is 0 Å². The molecule has 3 nitrogen and oxygen atoms in total. The van der Waals surface area contributed by atoms with Gasteiger partial charge >= 0.3 is 0 Å². The Morgan fingerprint density at radius 3 is 2.60 bits per heavy atom. The fourth-order valence-electron chi connectivity index (χ4n) is 2.55. The lowest BCUT2D eigenvalue weighted by atomic mass is 10.2. The van der Waals surface area contributed by atoms with Gasteiger partial charge in [0.1, 0.15) is 6.67 Å². The van der Waals surface area contributed by atoms with E-state index in [-0.39, 0.29) is 0 Å². The van der Waals surface area contributed by atoms with E-state index >= 15 is 0 Å². The molecule has 4 rings (SSSR count). The van der Waals surface area contributed by atoms with E-state index in [9.17, 15) is 0 Å². The van der Waals surface area contributed by atoms with Gasteiger partial charge in [0.25, 0.3) is 0 Å². The maximum atomic E-state index is 4.28. The summed E-state index contributed by atoms with van der Waals surface area (Å²) < 4.78 is 0. The summed E-state index contributed by atoms with van der Waals surface area (Å²) in [4.78, 5) is 8.90. The number of aromatic nitrogens is 1. The van der Waals surface area contributed by atoms with Crippen LogP contribution in [0.3, 0.4) is 0 Å². The second-order valence-corrected chi connectivity index (χ2v) is 5.57. The van der Waals surface area contributed by atoms with Crippen LogP contribution in [-0.4, -0.2) is 11.7 Å². The van der Waals surface area contributed by atoms with Crippen molar-refractivity contribution >= 4 is 33.4 Å². The Morgan fingerprint density at radius 2 is 1.80 bits per heavy atom. The molecule has 0 unspecified atom stereocenters. The summed E-state index contributed by atoms with van der Waals surface area (Å²) in [5.74, 6) is 0. The van der Waals surface area contributed by atoms with Crippen molar-refractivity contribution in [2.24, 2.45) is 0 Å². The number of anilines is 4. The molecule has 0 saturated heterocycles. The van der Waals surface area contributed by atoms with E-state index in [0.717, 1.165) is 12.4 Å². The first-order chi connectivity index (χ1) is 9.93. The summed E-state index contributed by atoms with van der Waals surface area (Å²) in [5, 5.41) is 3.37. The molecule has 0 amide bonds. The standard InChI is InChI=1S/C16H13N3S/c1-2-5-13(6-3-1)18-12-19(16-7-4-10-20-16)14-8-9-17-11-15(14)18/h1-11H,12H2. The number of para-hydroxylation sites is 1. The Morgan fingerprint density at radius 1 is 0.900 bits per heavy atom. The first-order valence-corrected chi connectivity index (χ1v) is 7.39. The van der Waals surface area contributed by atoms with Gasteiger partial charge in [-0.3, -0.25) is 4.98 Å². The van der Waals surface area contributed by atoms with Gasteiger partial charge in [0, 0.05) is 11.9 Å². The molecular formula is C16H13N3S. The molecule has 3 heterocycles. The van der Waals surface area contributed by atoms with Gasteiger partial charge in [-0.2, -0.15) is 0 Å². The Kier molecular flexibility index (Phi) is 2.67. The van der Waals surface area contributed by atoms with Gasteiger partial charge < -0.3 is 9.80 Å². The van der Waals surface area contributed by atoms with Crippen LogP contribution < -0.4 is 9.80 Å². The van der Waals surface area contributed by atoms with Crippen LogP contribution in [0, 0.1) is 0 Å². The number of pyridine rings is 1. The summed E-state index contributed by atoms with van der Waals surface area (Å²) in [7, 11) is 0. The molecule has 0 fully saturated rings. The summed E-state index contributed by atoms with van der Waals surface area (Å²) in [5.41, 5.74) is 3.57.